The summed E-state index contributed by atoms with van der Waals surface area (Å²) in [5.41, 5.74) is 0.539. The van der Waals surface area contributed by atoms with Gasteiger partial charge in [0.15, 0.2) is 0 Å². The van der Waals surface area contributed by atoms with Crippen LogP contribution in [0.5, 0.6) is 0 Å². The predicted octanol–water partition coefficient (Wildman–Crippen LogP) is 0.423. The Bertz CT molecular complexity index is 413. The van der Waals surface area contributed by atoms with E-state index >= 15 is 0 Å². The van der Waals surface area contributed by atoms with E-state index in [0.29, 0.717) is 31.9 Å². The molecule has 0 unspecified atom stereocenters. The van der Waals surface area contributed by atoms with Gasteiger partial charge in [-0.3, -0.25) is 5.10 Å². The van der Waals surface area contributed by atoms with E-state index in [1.807, 2.05) is 6.92 Å². The molecule has 1 aromatic rings. The summed E-state index contributed by atoms with van der Waals surface area (Å²) in [6, 6.07) is 0. The molecule has 2 N–H and O–H groups in total. The molecule has 0 bridgehead atoms. The van der Waals surface area contributed by atoms with E-state index in [9.17, 15) is 8.42 Å². The summed E-state index contributed by atoms with van der Waals surface area (Å²) in [4.78, 5) is 0.198. The number of aromatic nitrogens is 2. The largest absolute Gasteiger partial charge is 0.382 e. The van der Waals surface area contributed by atoms with E-state index in [-0.39, 0.29) is 4.90 Å². The van der Waals surface area contributed by atoms with Crippen LogP contribution < -0.4 is 4.72 Å². The Morgan fingerprint density at radius 2 is 2.31 bits per heavy atom. The highest BCUT2D eigenvalue weighted by Crippen LogP contribution is 2.10. The Hall–Kier alpha value is -0.920. The van der Waals surface area contributed by atoms with Gasteiger partial charge < -0.3 is 4.74 Å². The summed E-state index contributed by atoms with van der Waals surface area (Å²) in [5, 5.41) is 6.27. The minimum atomic E-state index is -3.43. The monoisotopic (exact) mass is 247 g/mol. The van der Waals surface area contributed by atoms with Gasteiger partial charge in [0.05, 0.1) is 11.9 Å². The van der Waals surface area contributed by atoms with Crippen molar-refractivity contribution in [3.63, 3.8) is 0 Å². The molecule has 0 amide bonds. The van der Waals surface area contributed by atoms with Crippen molar-refractivity contribution in [3.8, 4) is 0 Å². The van der Waals surface area contributed by atoms with Crippen LogP contribution in [0.3, 0.4) is 0 Å². The maximum Gasteiger partial charge on any atom is 0.243 e. The number of nitrogens with one attached hydrogen (secondary N) is 2. The van der Waals surface area contributed by atoms with Crippen LogP contribution in [0.25, 0.3) is 0 Å². The third-order valence-corrected chi connectivity index (χ3v) is 3.61. The minimum Gasteiger partial charge on any atom is -0.382 e. The first-order chi connectivity index (χ1) is 7.58. The molecular weight excluding hydrogens is 230 g/mol. The van der Waals surface area contributed by atoms with E-state index < -0.39 is 10.0 Å². The minimum absolute atomic E-state index is 0.198. The fraction of sp³-hybridized carbons (Fsp3) is 0.667. The zero-order chi connectivity index (χ0) is 12.0. The number of H-pyrrole nitrogens is 1. The molecule has 0 fully saturated rings. The van der Waals surface area contributed by atoms with Gasteiger partial charge in [-0.15, -0.1) is 0 Å². The van der Waals surface area contributed by atoms with E-state index in [1.165, 1.54) is 6.20 Å². The number of aromatic amines is 1. The van der Waals surface area contributed by atoms with Gasteiger partial charge in [0.1, 0.15) is 4.90 Å². The Labute approximate surface area is 95.4 Å². The third-order valence-electron chi connectivity index (χ3n) is 2.03. The number of hydrogen-bond acceptors (Lipinski definition) is 4. The Morgan fingerprint density at radius 1 is 1.56 bits per heavy atom. The molecule has 0 spiro atoms. The smallest absolute Gasteiger partial charge is 0.243 e. The molecule has 0 aliphatic rings. The zero-order valence-electron chi connectivity index (χ0n) is 9.49. The molecule has 1 aromatic heterocycles. The van der Waals surface area contributed by atoms with Crippen molar-refractivity contribution in [1.29, 1.82) is 0 Å². The molecule has 0 atom stereocenters. The molecule has 0 aliphatic heterocycles. The van der Waals surface area contributed by atoms with Crippen LogP contribution in [-0.2, 0) is 14.8 Å². The van der Waals surface area contributed by atoms with Crippen molar-refractivity contribution >= 4 is 10.0 Å². The number of nitrogens with zero attached hydrogens (tertiary/aromatic N) is 1. The average Bonchev–Trinajstić information content (AvgIpc) is 2.65. The standard InChI is InChI=1S/C9H17N3O3S/c1-3-15-6-4-5-11-16(13,14)9-7-10-12-8(9)2/h7,11H,3-6H2,1-2H3,(H,10,12). The fourth-order valence-electron chi connectivity index (χ4n) is 1.21. The first kappa shape index (κ1) is 13.1. The molecule has 0 saturated heterocycles. The van der Waals surface area contributed by atoms with Crippen molar-refractivity contribution < 1.29 is 13.2 Å². The van der Waals surface area contributed by atoms with Crippen LogP contribution in [-0.4, -0.2) is 38.4 Å². The lowest BCUT2D eigenvalue weighted by atomic mass is 10.5. The lowest BCUT2D eigenvalue weighted by molar-refractivity contribution is 0.146. The van der Waals surface area contributed by atoms with Crippen LogP contribution in [0, 0.1) is 6.92 Å². The number of rotatable bonds is 7. The summed E-state index contributed by atoms with van der Waals surface area (Å²) in [5.74, 6) is 0. The van der Waals surface area contributed by atoms with Gasteiger partial charge in [0, 0.05) is 19.8 Å². The average molecular weight is 247 g/mol. The number of aryl methyl sites for hydroxylation is 1. The Morgan fingerprint density at radius 3 is 2.88 bits per heavy atom. The second kappa shape index (κ2) is 5.97. The Balaban J connectivity index is 2.45. The van der Waals surface area contributed by atoms with Crippen LogP contribution in [0.1, 0.15) is 19.0 Å². The molecule has 6 nitrogen and oxygen atoms in total. The van der Waals surface area contributed by atoms with Gasteiger partial charge >= 0.3 is 0 Å². The van der Waals surface area contributed by atoms with Crippen LogP contribution in [0.4, 0.5) is 0 Å². The third kappa shape index (κ3) is 3.58. The van der Waals surface area contributed by atoms with Gasteiger partial charge in [0.25, 0.3) is 0 Å². The van der Waals surface area contributed by atoms with Crippen LogP contribution in [0.15, 0.2) is 11.1 Å². The normalized spacial score (nSPS) is 11.9. The number of hydrogen-bond donors (Lipinski definition) is 2. The summed E-state index contributed by atoms with van der Waals surface area (Å²) < 4.78 is 31.1. The van der Waals surface area contributed by atoms with Crippen LogP contribution in [0.2, 0.25) is 0 Å². The van der Waals surface area contributed by atoms with Crippen molar-refractivity contribution in [3.05, 3.63) is 11.9 Å². The van der Waals surface area contributed by atoms with Gasteiger partial charge in [-0.2, -0.15) is 5.10 Å². The number of ether oxygens (including phenoxy) is 1. The van der Waals surface area contributed by atoms with E-state index in [0.717, 1.165) is 0 Å². The summed E-state index contributed by atoms with van der Waals surface area (Å²) in [6.45, 7) is 5.14. The van der Waals surface area contributed by atoms with Crippen molar-refractivity contribution in [1.82, 2.24) is 14.9 Å². The van der Waals surface area contributed by atoms with Gasteiger partial charge in [-0.25, -0.2) is 13.1 Å². The lowest BCUT2D eigenvalue weighted by Gasteiger charge is -2.05. The van der Waals surface area contributed by atoms with E-state index in [2.05, 4.69) is 14.9 Å². The Kier molecular flexibility index (Phi) is 4.91. The SMILES string of the molecule is CCOCCCNS(=O)(=O)c1cn[nH]c1C. The highest BCUT2D eigenvalue weighted by atomic mass is 32.2. The molecule has 92 valence electrons. The lowest BCUT2D eigenvalue weighted by Crippen LogP contribution is -2.25. The first-order valence-electron chi connectivity index (χ1n) is 5.15. The molecule has 16 heavy (non-hydrogen) atoms. The molecule has 7 heteroatoms. The fourth-order valence-corrected chi connectivity index (χ4v) is 2.42. The van der Waals surface area contributed by atoms with E-state index in [1.54, 1.807) is 6.92 Å². The predicted molar refractivity (Wildman–Crippen MR) is 59.6 cm³/mol. The van der Waals surface area contributed by atoms with E-state index in [4.69, 9.17) is 4.74 Å². The van der Waals surface area contributed by atoms with Gasteiger partial charge in [0.2, 0.25) is 10.0 Å². The summed E-state index contributed by atoms with van der Waals surface area (Å²) >= 11 is 0. The second-order valence-corrected chi connectivity index (χ2v) is 5.04. The topological polar surface area (TPSA) is 84.1 Å². The molecule has 0 aromatic carbocycles. The van der Waals surface area contributed by atoms with Crippen molar-refractivity contribution in [2.75, 3.05) is 19.8 Å². The molecule has 0 radical (unpaired) electrons. The second-order valence-electron chi connectivity index (χ2n) is 3.31. The number of sulfonamides is 1. The highest BCUT2D eigenvalue weighted by molar-refractivity contribution is 7.89. The maximum absolute atomic E-state index is 11.7. The molecule has 1 heterocycles. The van der Waals surface area contributed by atoms with Gasteiger partial charge in [-0.05, 0) is 20.3 Å². The molecule has 0 aliphatic carbocycles. The zero-order valence-corrected chi connectivity index (χ0v) is 10.3. The summed E-state index contributed by atoms with van der Waals surface area (Å²) in [7, 11) is -3.43. The van der Waals surface area contributed by atoms with Crippen molar-refractivity contribution in [2.24, 2.45) is 0 Å². The maximum atomic E-state index is 11.7. The first-order valence-corrected chi connectivity index (χ1v) is 6.63. The summed E-state index contributed by atoms with van der Waals surface area (Å²) in [6.07, 6.45) is 1.96. The molecule has 1 rings (SSSR count). The van der Waals surface area contributed by atoms with Crippen LogP contribution >= 0.6 is 0 Å². The highest BCUT2D eigenvalue weighted by Gasteiger charge is 2.17. The van der Waals surface area contributed by atoms with Gasteiger partial charge in [-0.1, -0.05) is 0 Å². The molecule has 0 saturated carbocycles. The van der Waals surface area contributed by atoms with Crippen molar-refractivity contribution in [2.45, 2.75) is 25.2 Å². The molecular formula is C9H17N3O3S. The quantitative estimate of drug-likeness (QED) is 0.684.